The number of carbonyl (C=O) groups excluding carboxylic acids is 3. The van der Waals surface area contributed by atoms with Crippen LogP contribution in [0.15, 0.2) is 10.5 Å². The van der Waals surface area contributed by atoms with Gasteiger partial charge in [0.2, 0.25) is 11.8 Å². The van der Waals surface area contributed by atoms with Gasteiger partial charge in [-0.05, 0) is 0 Å². The molecule has 8 N–H and O–H groups in total. The van der Waals surface area contributed by atoms with E-state index in [2.05, 4.69) is 15.5 Å². The molecule has 3 heterocycles. The van der Waals surface area contributed by atoms with Crippen molar-refractivity contribution in [1.82, 2.24) is 15.2 Å². The fourth-order valence-corrected chi connectivity index (χ4v) is 8.70. The van der Waals surface area contributed by atoms with Crippen molar-refractivity contribution in [3.05, 3.63) is 11.1 Å². The summed E-state index contributed by atoms with van der Waals surface area (Å²) in [7, 11) is -10.1. The lowest BCUT2D eigenvalue weighted by Gasteiger charge is -2.57. The van der Waals surface area contributed by atoms with Crippen molar-refractivity contribution in [3.8, 4) is 0 Å². The van der Waals surface area contributed by atoms with E-state index in [9.17, 15) is 53.0 Å². The quantitative estimate of drug-likeness (QED) is 0.0516. The Morgan fingerprint density at radius 3 is 2.36 bits per heavy atom. The predicted molar refractivity (Wildman–Crippen MR) is 133 cm³/mol. The van der Waals surface area contributed by atoms with Crippen molar-refractivity contribution >= 4 is 72.9 Å². The minimum Gasteiger partial charge on any atom is -0.478 e. The number of nitrogens with zero attached hydrogens (tertiary/aromatic N) is 3. The Morgan fingerprint density at radius 1 is 1.31 bits per heavy atom. The van der Waals surface area contributed by atoms with E-state index in [-0.39, 0.29) is 17.2 Å². The van der Waals surface area contributed by atoms with Crippen LogP contribution < -0.4 is 11.1 Å². The lowest BCUT2D eigenvalue weighted by atomic mass is 9.85. The number of carboxylic acid groups (broad SMARTS) is 1. The summed E-state index contributed by atoms with van der Waals surface area (Å²) in [6.45, 7) is 0.107. The molecule has 2 saturated heterocycles. The zero-order chi connectivity index (χ0) is 29.6. The Balaban J connectivity index is 2.25. The first-order chi connectivity index (χ1) is 17.9. The largest absolute Gasteiger partial charge is 0.478 e. The maximum Gasteiger partial charge on any atom is 0.354 e. The first kappa shape index (κ1) is 31.0. The van der Waals surface area contributed by atoms with E-state index in [1.165, 1.54) is 5.38 Å². The van der Waals surface area contributed by atoms with Gasteiger partial charge in [-0.15, -0.1) is 11.3 Å². The summed E-state index contributed by atoms with van der Waals surface area (Å²) < 4.78 is 28.7. The molecule has 2 fully saturated rings. The molecule has 0 bridgehead atoms. The van der Waals surface area contributed by atoms with Crippen LogP contribution in [0.1, 0.15) is 25.5 Å². The van der Waals surface area contributed by atoms with Crippen LogP contribution in [0.25, 0.3) is 0 Å². The maximum atomic E-state index is 13.0. The van der Waals surface area contributed by atoms with Gasteiger partial charge in [-0.2, -0.15) is 0 Å². The van der Waals surface area contributed by atoms with Gasteiger partial charge < -0.3 is 50.2 Å². The van der Waals surface area contributed by atoms with Crippen LogP contribution in [0, 0.1) is 0 Å². The Hall–Kier alpha value is -2.57. The summed E-state index contributed by atoms with van der Waals surface area (Å²) in [5, 5.41) is 14.5. The lowest BCUT2D eigenvalue weighted by molar-refractivity contribution is -0.190. The number of hydrogen-bond donors (Lipinski definition) is 7. The molecule has 1 aromatic heterocycles. The zero-order valence-corrected chi connectivity index (χ0v) is 23.4. The number of β-lactam (4-membered cyclic amide) rings is 1. The molecule has 2 aliphatic rings. The van der Waals surface area contributed by atoms with Crippen LogP contribution in [0.4, 0.5) is 5.13 Å². The highest BCUT2D eigenvalue weighted by molar-refractivity contribution is 8.02. The number of ether oxygens (including phenoxy) is 1. The number of amides is 2. The van der Waals surface area contributed by atoms with Gasteiger partial charge in [-0.25, -0.2) is 9.78 Å². The third kappa shape index (κ3) is 5.83. The molecule has 1 aromatic rings. The maximum absolute atomic E-state index is 13.0. The van der Waals surface area contributed by atoms with E-state index in [1.54, 1.807) is 0 Å². The number of nitrogen functional groups attached to an aromatic ring is 1. The second kappa shape index (κ2) is 10.8. The number of anilines is 1. The molecule has 3 rings (SSSR count). The molecule has 216 valence electrons. The van der Waals surface area contributed by atoms with Crippen molar-refractivity contribution in [3.63, 3.8) is 0 Å². The summed E-state index contributed by atoms with van der Waals surface area (Å²) >= 11 is 1.55. The number of nitrogens with two attached hydrogens (primary N) is 1. The summed E-state index contributed by atoms with van der Waals surface area (Å²) in [6.07, 6.45) is -1.73. The Morgan fingerprint density at radius 2 is 1.92 bits per heavy atom. The number of fused-ring (bicyclic) bond motifs is 1. The van der Waals surface area contributed by atoms with E-state index in [1.807, 2.05) is 0 Å². The van der Waals surface area contributed by atoms with Crippen LogP contribution in [0.2, 0.25) is 0 Å². The van der Waals surface area contributed by atoms with Gasteiger partial charge in [-0.3, -0.25) is 23.5 Å². The first-order valence-electron chi connectivity index (χ1n) is 10.5. The van der Waals surface area contributed by atoms with Crippen molar-refractivity contribution in [1.29, 1.82) is 0 Å². The molecule has 3 atom stereocenters. The number of nitrogens with one attached hydrogen (secondary N) is 1. The van der Waals surface area contributed by atoms with E-state index in [4.69, 9.17) is 15.3 Å². The van der Waals surface area contributed by atoms with Crippen LogP contribution in [-0.4, -0.2) is 98.9 Å². The topological polar surface area (TPSA) is 289 Å². The van der Waals surface area contributed by atoms with Crippen molar-refractivity contribution < 1.29 is 62.6 Å². The average Bonchev–Trinajstić information content (AvgIpc) is 3.20. The summed E-state index contributed by atoms with van der Waals surface area (Å²) in [6, 6.07) is 0. The molecule has 39 heavy (non-hydrogen) atoms. The van der Waals surface area contributed by atoms with Crippen molar-refractivity contribution in [2.75, 3.05) is 19.4 Å². The van der Waals surface area contributed by atoms with Gasteiger partial charge in [0.05, 0.1) is 24.8 Å². The van der Waals surface area contributed by atoms with Gasteiger partial charge >= 0.3 is 27.1 Å². The SMILES string of the molecule is CON=C(c1csc(N)n1)C1(NC(C)=O)S[C@@H]2CC(=O)N2CC1(OC(=O)CC(P(=O)(O)O)P(=O)(O)O)C(=O)O. The highest BCUT2D eigenvalue weighted by Gasteiger charge is 2.72. The number of hydrogen-bond acceptors (Lipinski definition) is 13. The van der Waals surface area contributed by atoms with E-state index in [0.29, 0.717) is 11.8 Å². The van der Waals surface area contributed by atoms with Crippen LogP contribution in [0.3, 0.4) is 0 Å². The molecule has 0 radical (unpaired) electrons. The monoisotopic (exact) mass is 631 g/mol. The fraction of sp³-hybridized carbons (Fsp3) is 0.529. The molecular formula is C17H23N5O13P2S2. The molecule has 0 saturated carbocycles. The second-order valence-corrected chi connectivity index (χ2v) is 14.6. The molecule has 22 heteroatoms. The summed E-state index contributed by atoms with van der Waals surface area (Å²) in [5.41, 5.74) is 2.22. The average molecular weight is 631 g/mol. The summed E-state index contributed by atoms with van der Waals surface area (Å²) in [4.78, 5) is 96.0. The third-order valence-electron chi connectivity index (χ3n) is 5.68. The molecular weight excluding hydrogens is 608 g/mol. The second-order valence-electron chi connectivity index (χ2n) is 8.32. The van der Waals surface area contributed by atoms with Gasteiger partial charge in [0.25, 0.3) is 5.60 Å². The number of carbonyl (C=O) groups is 4. The minimum atomic E-state index is -5.62. The molecule has 2 amide bonds. The van der Waals surface area contributed by atoms with E-state index < -0.39 is 78.9 Å². The smallest absolute Gasteiger partial charge is 0.354 e. The third-order valence-corrected chi connectivity index (χ3v) is 11.8. The highest BCUT2D eigenvalue weighted by atomic mass is 32.2. The Labute approximate surface area is 227 Å². The number of esters is 1. The fourth-order valence-electron chi connectivity index (χ4n) is 4.02. The number of aliphatic carboxylic acids is 1. The zero-order valence-electron chi connectivity index (χ0n) is 20.0. The molecule has 2 aliphatic heterocycles. The summed E-state index contributed by atoms with van der Waals surface area (Å²) in [5.74, 6) is -5.13. The number of rotatable bonds is 10. The van der Waals surface area contributed by atoms with E-state index in [0.717, 1.165) is 30.3 Å². The standard InChI is InChI=1S/C17H23N5O13P2S2/c1-7(23)20-17(13(21-34-2)8-5-38-15(18)19-8)16(14(26)27,6-22-9(24)3-10(22)39-17)35-11(25)4-12(36(28,29)30)37(31,32)33/h5,10,12H,3-4,6H2,1-2H3,(H2,18,19)(H,20,23)(H,26,27)(H2,28,29,30)(H2,31,32,33)/t10-,16?,17?/m1/s1. The molecule has 2 unspecified atom stereocenters. The normalized spacial score (nSPS) is 25.5. The van der Waals surface area contributed by atoms with Gasteiger partial charge in [0.15, 0.2) is 15.4 Å². The minimum absolute atomic E-state index is 0.00270. The van der Waals surface area contributed by atoms with Crippen molar-refractivity contribution in [2.24, 2.45) is 5.16 Å². The number of oxime groups is 1. The first-order valence-corrected chi connectivity index (χ1v) is 15.6. The molecule has 0 aromatic carbocycles. The Bertz CT molecular complexity index is 1310. The number of carboxylic acids is 1. The van der Waals surface area contributed by atoms with Gasteiger partial charge in [-0.1, -0.05) is 16.9 Å². The van der Waals surface area contributed by atoms with Crippen LogP contribution >= 0.6 is 38.3 Å². The van der Waals surface area contributed by atoms with Gasteiger partial charge in [0.1, 0.15) is 18.5 Å². The molecule has 0 aliphatic carbocycles. The highest BCUT2D eigenvalue weighted by Crippen LogP contribution is 2.61. The lowest BCUT2D eigenvalue weighted by Crippen LogP contribution is -2.80. The molecule has 18 nitrogen and oxygen atoms in total. The number of thioether (sulfide) groups is 1. The number of thiazole rings is 1. The van der Waals surface area contributed by atoms with Crippen molar-refractivity contribution in [2.45, 2.75) is 41.0 Å². The predicted octanol–water partition coefficient (Wildman–Crippen LogP) is -1.35. The van der Waals surface area contributed by atoms with Crippen LogP contribution in [0.5, 0.6) is 0 Å². The van der Waals surface area contributed by atoms with Crippen LogP contribution in [-0.2, 0) is 37.9 Å². The van der Waals surface area contributed by atoms with E-state index >= 15 is 0 Å². The number of aromatic nitrogens is 1. The molecule has 0 spiro atoms. The van der Waals surface area contributed by atoms with Gasteiger partial charge in [0, 0.05) is 12.3 Å². The Kier molecular flexibility index (Phi) is 8.56.